The summed E-state index contributed by atoms with van der Waals surface area (Å²) >= 11 is 0. The van der Waals surface area contributed by atoms with Crippen molar-refractivity contribution in [1.29, 1.82) is 0 Å². The van der Waals surface area contributed by atoms with E-state index in [1.165, 1.54) is 24.2 Å². The molecule has 0 bridgehead atoms. The Morgan fingerprint density at radius 2 is 1.38 bits per heavy atom. The van der Waals surface area contributed by atoms with Crippen LogP contribution in [-0.2, 0) is 97.7 Å². The lowest BCUT2D eigenvalue weighted by atomic mass is 9.85. The van der Waals surface area contributed by atoms with Crippen molar-refractivity contribution < 1.29 is 76.7 Å². The van der Waals surface area contributed by atoms with Gasteiger partial charge in [-0.1, -0.05) is 38.7 Å². The van der Waals surface area contributed by atoms with E-state index in [2.05, 4.69) is 37.8 Å². The highest BCUT2D eigenvalue weighted by Gasteiger charge is 2.46. The molecule has 1 aliphatic carbocycles. The number of likely N-dealkylation sites (N-methyl/N-ethyl adjacent to an activating group) is 1. The Hall–Kier alpha value is -9.25. The highest BCUT2D eigenvalue weighted by atomic mass is 32.2. The molecule has 3 aromatic heterocycles. The van der Waals surface area contributed by atoms with E-state index in [9.17, 15) is 72.0 Å². The van der Waals surface area contributed by atoms with Gasteiger partial charge in [0.15, 0.2) is 5.60 Å². The lowest BCUT2D eigenvalue weighted by Gasteiger charge is -2.33. The van der Waals surface area contributed by atoms with E-state index < -0.39 is 69.1 Å². The molecule has 9 rings (SSSR count). The van der Waals surface area contributed by atoms with Crippen LogP contribution in [0.15, 0.2) is 58.7 Å². The number of carbonyl (C=O) groups excluding carboxylic acids is 5. The monoisotopic (exact) mass is 1360 g/mol. The standard InChI is InChI=1S/C67H82N12O17S/c1-7-67(92)50-29-52-61-48(33-79(52)64(90)49(50)39-96-65(67)91)46-13-11-14-47-53(19-18-51(72-61)59(46)47)95-38-43-16-17-45(71-62(88)41(4)70-63(89)60(40(2)3)73-54(80)15-10-8-9-12-42-30-68-66(69-31-42)97(6,93)94)28-44(43)32-74(5)55(81)34-75-20-22-76(35-56(82)83)24-26-78(37-58(86)87)27-25-77(23-21-75)36-57(84)85/h16-19,28-31,40-41,60,92H,7-8,10-11,13-15,20-27,32-39H2,1-6H3,(H,70,89)(H,71,88)(H,73,80)(H,82,83)(H,84,85)(H,86,87)/t41-,60-,67-/m0/s1. The molecule has 97 heavy (non-hydrogen) atoms. The normalized spacial score (nSPS) is 17.5. The SMILES string of the molecule is CC[C@@]1(O)C(=O)OCc2c1cc1n(c2=O)Cc2c-1nc1ccc(OCc3ccc(NC(=O)[C@H](C)NC(=O)[C@@H](NC(=O)CCCC#Cc4cnc(S(C)(=O)=O)nc4)C(C)C)cc3CN(C)C(=O)CN3CCN(CC(=O)O)CCN(CC(=O)O)CCN(CC(=O)O)CC3)c3c1c2CCC3. The number of aliphatic carboxylic acids is 3. The predicted octanol–water partition coefficient (Wildman–Crippen LogP) is 1.58. The van der Waals surface area contributed by atoms with Crippen molar-refractivity contribution in [3.63, 3.8) is 0 Å². The van der Waals surface area contributed by atoms with Crippen LogP contribution in [0.5, 0.6) is 5.75 Å². The van der Waals surface area contributed by atoms with E-state index in [1.54, 1.807) is 71.4 Å². The number of sulfone groups is 1. The van der Waals surface area contributed by atoms with Crippen molar-refractivity contribution in [2.24, 2.45) is 5.92 Å². The molecular formula is C67H82N12O17S. The minimum atomic E-state index is -3.57. The molecule has 518 valence electrons. The molecule has 4 aliphatic rings. The number of rotatable bonds is 24. The van der Waals surface area contributed by atoms with Gasteiger partial charge >= 0.3 is 23.9 Å². The molecule has 0 unspecified atom stereocenters. The van der Waals surface area contributed by atoms with E-state index in [4.69, 9.17) is 14.5 Å². The van der Waals surface area contributed by atoms with E-state index in [-0.39, 0.29) is 151 Å². The summed E-state index contributed by atoms with van der Waals surface area (Å²) in [5.41, 5.74) is 4.56. The third kappa shape index (κ3) is 17.7. The lowest BCUT2D eigenvalue weighted by molar-refractivity contribution is -0.172. The van der Waals surface area contributed by atoms with Crippen LogP contribution in [0.3, 0.4) is 0 Å². The second kappa shape index (κ2) is 31.3. The maximum atomic E-state index is 14.5. The number of nitrogens with one attached hydrogen (secondary N) is 3. The second-order valence-corrected chi connectivity index (χ2v) is 27.2. The molecule has 2 aromatic carbocycles. The summed E-state index contributed by atoms with van der Waals surface area (Å²) in [5.74, 6) is -0.0940. The van der Waals surface area contributed by atoms with Crippen LogP contribution in [-0.4, -0.2) is 224 Å². The molecular weight excluding hydrogens is 1280 g/mol. The van der Waals surface area contributed by atoms with Gasteiger partial charge in [-0.3, -0.25) is 58.0 Å². The Labute approximate surface area is 560 Å². The van der Waals surface area contributed by atoms with Gasteiger partial charge in [-0.2, -0.15) is 0 Å². The first-order valence-corrected chi connectivity index (χ1v) is 34.1. The molecule has 1 saturated heterocycles. The van der Waals surface area contributed by atoms with Crippen molar-refractivity contribution in [1.82, 2.24) is 54.7 Å². The van der Waals surface area contributed by atoms with E-state index >= 15 is 0 Å². The molecule has 3 aliphatic heterocycles. The van der Waals surface area contributed by atoms with Gasteiger partial charge in [-0.15, -0.1) is 0 Å². The van der Waals surface area contributed by atoms with E-state index in [0.717, 1.165) is 34.8 Å². The van der Waals surface area contributed by atoms with E-state index in [1.807, 2.05) is 17.0 Å². The Balaban J connectivity index is 0.932. The number of benzene rings is 2. The molecule has 3 atom stereocenters. The van der Waals surface area contributed by atoms with Gasteiger partial charge in [0.1, 0.15) is 31.0 Å². The molecule has 5 aromatic rings. The van der Waals surface area contributed by atoms with Crippen LogP contribution >= 0.6 is 0 Å². The third-order valence-corrected chi connectivity index (χ3v) is 18.7. The molecule has 1 fully saturated rings. The highest BCUT2D eigenvalue weighted by Crippen LogP contribution is 2.44. The number of fused-ring (bicyclic) bond motifs is 5. The molecule has 30 heteroatoms. The quantitative estimate of drug-likeness (QED) is 0.0196. The Morgan fingerprint density at radius 3 is 1.97 bits per heavy atom. The zero-order chi connectivity index (χ0) is 70.0. The number of anilines is 1. The van der Waals surface area contributed by atoms with Gasteiger partial charge in [0.2, 0.25) is 38.6 Å². The number of ether oxygens (including phenoxy) is 2. The number of cyclic esters (lactones) is 1. The highest BCUT2D eigenvalue weighted by molar-refractivity contribution is 7.90. The number of amides is 4. The van der Waals surface area contributed by atoms with Crippen LogP contribution in [0, 0.1) is 17.8 Å². The number of aliphatic hydroxyl groups is 1. The Morgan fingerprint density at radius 1 is 0.773 bits per heavy atom. The molecule has 6 heterocycles. The summed E-state index contributed by atoms with van der Waals surface area (Å²) in [7, 11) is -1.97. The smallest absolute Gasteiger partial charge is 0.343 e. The average molecular weight is 1360 g/mol. The number of esters is 1. The summed E-state index contributed by atoms with van der Waals surface area (Å²) in [6, 6.07) is 8.39. The zero-order valence-electron chi connectivity index (χ0n) is 55.1. The van der Waals surface area contributed by atoms with Crippen molar-refractivity contribution >= 4 is 73.9 Å². The van der Waals surface area contributed by atoms with Gasteiger partial charge in [-0.05, 0) is 92.0 Å². The molecule has 0 saturated carbocycles. The van der Waals surface area contributed by atoms with Gasteiger partial charge in [-0.25, -0.2) is 28.2 Å². The number of nitrogens with zero attached hydrogens (tertiary/aromatic N) is 9. The first kappa shape index (κ1) is 72.0. The number of carbonyl (C=O) groups is 8. The average Bonchev–Trinajstić information content (AvgIpc) is 1.60. The van der Waals surface area contributed by atoms with Crippen LogP contribution in [0.4, 0.5) is 5.69 Å². The Bertz CT molecular complexity index is 4100. The second-order valence-electron chi connectivity index (χ2n) is 25.3. The Kier molecular flexibility index (Phi) is 23.2. The van der Waals surface area contributed by atoms with Gasteiger partial charge in [0, 0.05) is 125 Å². The summed E-state index contributed by atoms with van der Waals surface area (Å²) < 4.78 is 37.0. The van der Waals surface area contributed by atoms with Crippen molar-refractivity contribution in [3.8, 4) is 29.0 Å². The van der Waals surface area contributed by atoms with Crippen molar-refractivity contribution in [2.45, 2.75) is 122 Å². The topological polar surface area (TPSA) is 383 Å². The number of carboxylic acids is 3. The molecule has 4 amide bonds. The van der Waals surface area contributed by atoms with Gasteiger partial charge < -0.3 is 55.3 Å². The first-order valence-electron chi connectivity index (χ1n) is 32.2. The number of carboxylic acid groups (broad SMARTS) is 3. The summed E-state index contributed by atoms with van der Waals surface area (Å²) in [6.45, 7) is 7.02. The third-order valence-electron chi connectivity index (χ3n) is 17.9. The predicted molar refractivity (Wildman–Crippen MR) is 351 cm³/mol. The van der Waals surface area contributed by atoms with Crippen LogP contribution < -0.4 is 26.2 Å². The van der Waals surface area contributed by atoms with Crippen molar-refractivity contribution in [3.05, 3.63) is 104 Å². The minimum Gasteiger partial charge on any atom is -0.489 e. The van der Waals surface area contributed by atoms with Gasteiger partial charge in [0.25, 0.3) is 5.56 Å². The fourth-order valence-corrected chi connectivity index (χ4v) is 13.0. The fraction of sp³-hybridized carbons (Fsp3) is 0.493. The number of hydrogen-bond acceptors (Lipinski definition) is 21. The summed E-state index contributed by atoms with van der Waals surface area (Å²) in [5, 5.41) is 49.7. The number of aryl methyl sites for hydroxylation is 2. The number of pyridine rings is 2. The molecule has 0 spiro atoms. The van der Waals surface area contributed by atoms with Crippen LogP contribution in [0.1, 0.15) is 104 Å². The van der Waals surface area contributed by atoms with Gasteiger partial charge in [0.05, 0.1) is 60.8 Å². The number of hydrogen-bond donors (Lipinski definition) is 7. The molecule has 7 N–H and O–H groups in total. The maximum Gasteiger partial charge on any atom is 0.343 e. The van der Waals surface area contributed by atoms with Crippen LogP contribution in [0.25, 0.3) is 22.3 Å². The minimum absolute atomic E-state index is 0.00570. The maximum absolute atomic E-state index is 14.5. The van der Waals surface area contributed by atoms with Crippen molar-refractivity contribution in [2.75, 3.05) is 97.2 Å². The first-order chi connectivity index (χ1) is 46.1. The molecule has 29 nitrogen and oxygen atoms in total. The summed E-state index contributed by atoms with van der Waals surface area (Å²) in [4.78, 5) is 139. The molecule has 0 radical (unpaired) electrons. The number of unbranched alkanes of at least 4 members (excludes halogenated alkanes) is 1. The van der Waals surface area contributed by atoms with E-state index in [0.29, 0.717) is 70.7 Å². The van der Waals surface area contributed by atoms with Crippen LogP contribution in [0.2, 0.25) is 0 Å². The number of aromatic nitrogens is 4. The fourth-order valence-electron chi connectivity index (χ4n) is 12.5. The summed E-state index contributed by atoms with van der Waals surface area (Å²) in [6.07, 6.45) is 6.35. The zero-order valence-corrected chi connectivity index (χ0v) is 56.0. The largest absolute Gasteiger partial charge is 0.489 e. The lowest BCUT2D eigenvalue weighted by Crippen LogP contribution is -2.53.